The lowest BCUT2D eigenvalue weighted by atomic mass is 10.1. The molecule has 1 rings (SSSR count). The molecular formula is C13H28N2O. The van der Waals surface area contributed by atoms with E-state index in [9.17, 15) is 0 Å². The Labute approximate surface area is 101 Å². The van der Waals surface area contributed by atoms with Crippen molar-refractivity contribution in [1.82, 2.24) is 10.2 Å². The van der Waals surface area contributed by atoms with Crippen molar-refractivity contribution < 1.29 is 4.74 Å². The smallest absolute Gasteiger partial charge is 0.0630 e. The quantitative estimate of drug-likeness (QED) is 0.650. The van der Waals surface area contributed by atoms with Crippen LogP contribution in [0.15, 0.2) is 0 Å². The van der Waals surface area contributed by atoms with Crippen molar-refractivity contribution in [2.75, 3.05) is 33.9 Å². The van der Waals surface area contributed by atoms with Crippen LogP contribution >= 0.6 is 0 Å². The van der Waals surface area contributed by atoms with Crippen LogP contribution in [-0.4, -0.2) is 50.8 Å². The Morgan fingerprint density at radius 1 is 1.38 bits per heavy atom. The molecule has 0 radical (unpaired) electrons. The summed E-state index contributed by atoms with van der Waals surface area (Å²) < 4.78 is 5.34. The Morgan fingerprint density at radius 3 is 2.50 bits per heavy atom. The predicted octanol–water partition coefficient (Wildman–Crippen LogP) is 1.73. The Kier molecular flexibility index (Phi) is 6.32. The molecule has 0 aliphatic heterocycles. The maximum atomic E-state index is 5.34. The van der Waals surface area contributed by atoms with Gasteiger partial charge in [-0.1, -0.05) is 13.8 Å². The molecule has 0 saturated heterocycles. The fourth-order valence-electron chi connectivity index (χ4n) is 2.18. The summed E-state index contributed by atoms with van der Waals surface area (Å²) in [6, 6.07) is 1.37. The Bertz CT molecular complexity index is 175. The molecule has 1 aliphatic rings. The van der Waals surface area contributed by atoms with Gasteiger partial charge in [0.05, 0.1) is 6.61 Å². The number of hydrogen-bond donors (Lipinski definition) is 1. The number of likely N-dealkylation sites (N-methyl/N-ethyl adjacent to an activating group) is 1. The van der Waals surface area contributed by atoms with Crippen molar-refractivity contribution in [2.24, 2.45) is 5.92 Å². The van der Waals surface area contributed by atoms with E-state index in [-0.39, 0.29) is 0 Å². The lowest BCUT2D eigenvalue weighted by Crippen LogP contribution is -2.46. The number of hydrogen-bond acceptors (Lipinski definition) is 3. The van der Waals surface area contributed by atoms with E-state index in [2.05, 4.69) is 24.1 Å². The molecule has 0 aromatic heterocycles. The summed E-state index contributed by atoms with van der Waals surface area (Å²) in [6.45, 7) is 7.69. The van der Waals surface area contributed by atoms with Gasteiger partial charge in [0.2, 0.25) is 0 Å². The SMILES string of the molecule is CNCC(COC)N(CCC(C)C)C1CC1. The van der Waals surface area contributed by atoms with Gasteiger partial charge in [-0.15, -0.1) is 0 Å². The van der Waals surface area contributed by atoms with Crippen molar-refractivity contribution in [1.29, 1.82) is 0 Å². The van der Waals surface area contributed by atoms with Crippen LogP contribution in [-0.2, 0) is 4.74 Å². The van der Waals surface area contributed by atoms with Crippen LogP contribution in [0.5, 0.6) is 0 Å². The zero-order chi connectivity index (χ0) is 12.0. The number of ether oxygens (including phenoxy) is 1. The van der Waals surface area contributed by atoms with E-state index < -0.39 is 0 Å². The second-order valence-electron chi connectivity index (χ2n) is 5.32. The highest BCUT2D eigenvalue weighted by Gasteiger charge is 2.33. The first kappa shape index (κ1) is 13.9. The van der Waals surface area contributed by atoms with Crippen molar-refractivity contribution in [3.8, 4) is 0 Å². The molecule has 1 unspecified atom stereocenters. The van der Waals surface area contributed by atoms with E-state index in [0.717, 1.165) is 25.1 Å². The van der Waals surface area contributed by atoms with Crippen LogP contribution in [0.25, 0.3) is 0 Å². The molecule has 0 bridgehead atoms. The molecule has 1 saturated carbocycles. The van der Waals surface area contributed by atoms with Gasteiger partial charge >= 0.3 is 0 Å². The molecular weight excluding hydrogens is 200 g/mol. The molecule has 1 N–H and O–H groups in total. The van der Waals surface area contributed by atoms with E-state index in [4.69, 9.17) is 4.74 Å². The fourth-order valence-corrected chi connectivity index (χ4v) is 2.18. The Balaban J connectivity index is 2.43. The van der Waals surface area contributed by atoms with Gasteiger partial charge in [0.15, 0.2) is 0 Å². The summed E-state index contributed by atoms with van der Waals surface area (Å²) in [5, 5.41) is 3.28. The summed E-state index contributed by atoms with van der Waals surface area (Å²) in [5.74, 6) is 0.791. The highest BCUT2D eigenvalue weighted by molar-refractivity contribution is 4.89. The van der Waals surface area contributed by atoms with E-state index in [1.807, 2.05) is 7.05 Å². The average Bonchev–Trinajstić information content (AvgIpc) is 3.02. The molecule has 1 fully saturated rings. The topological polar surface area (TPSA) is 24.5 Å². The minimum Gasteiger partial charge on any atom is -0.383 e. The monoisotopic (exact) mass is 228 g/mol. The van der Waals surface area contributed by atoms with Crippen molar-refractivity contribution in [3.05, 3.63) is 0 Å². The highest BCUT2D eigenvalue weighted by Crippen LogP contribution is 2.29. The third-order valence-electron chi connectivity index (χ3n) is 3.25. The molecule has 0 aromatic rings. The maximum absolute atomic E-state index is 5.34. The second kappa shape index (κ2) is 7.25. The molecule has 3 heteroatoms. The average molecular weight is 228 g/mol. The lowest BCUT2D eigenvalue weighted by molar-refractivity contribution is 0.0816. The Hall–Kier alpha value is -0.120. The van der Waals surface area contributed by atoms with E-state index in [0.29, 0.717) is 6.04 Å². The number of nitrogens with zero attached hydrogens (tertiary/aromatic N) is 1. The summed E-state index contributed by atoms with van der Waals surface area (Å²) in [7, 11) is 3.83. The van der Waals surface area contributed by atoms with Gasteiger partial charge in [-0.25, -0.2) is 0 Å². The van der Waals surface area contributed by atoms with Crippen LogP contribution in [0.1, 0.15) is 33.1 Å². The molecule has 3 nitrogen and oxygen atoms in total. The highest BCUT2D eigenvalue weighted by atomic mass is 16.5. The summed E-state index contributed by atoms with van der Waals surface area (Å²) in [6.07, 6.45) is 4.05. The Morgan fingerprint density at radius 2 is 2.06 bits per heavy atom. The van der Waals surface area contributed by atoms with Gasteiger partial charge in [0, 0.05) is 25.7 Å². The molecule has 1 aliphatic carbocycles. The van der Waals surface area contributed by atoms with Crippen molar-refractivity contribution >= 4 is 0 Å². The van der Waals surface area contributed by atoms with Crippen LogP contribution in [0.4, 0.5) is 0 Å². The summed E-state index contributed by atoms with van der Waals surface area (Å²) >= 11 is 0. The molecule has 0 aromatic carbocycles. The molecule has 0 heterocycles. The van der Waals surface area contributed by atoms with Gasteiger partial charge in [-0.2, -0.15) is 0 Å². The largest absolute Gasteiger partial charge is 0.383 e. The first-order valence-corrected chi connectivity index (χ1v) is 6.58. The van der Waals surface area contributed by atoms with Crippen molar-refractivity contribution in [3.63, 3.8) is 0 Å². The van der Waals surface area contributed by atoms with E-state index >= 15 is 0 Å². The zero-order valence-electron chi connectivity index (χ0n) is 11.3. The van der Waals surface area contributed by atoms with Gasteiger partial charge in [-0.05, 0) is 38.8 Å². The third-order valence-corrected chi connectivity index (χ3v) is 3.25. The van der Waals surface area contributed by atoms with Gasteiger partial charge in [-0.3, -0.25) is 4.90 Å². The predicted molar refractivity (Wildman–Crippen MR) is 68.8 cm³/mol. The van der Waals surface area contributed by atoms with Crippen LogP contribution < -0.4 is 5.32 Å². The van der Waals surface area contributed by atoms with E-state index in [1.165, 1.54) is 25.8 Å². The molecule has 0 spiro atoms. The minimum atomic E-state index is 0.543. The summed E-state index contributed by atoms with van der Waals surface area (Å²) in [5.41, 5.74) is 0. The van der Waals surface area contributed by atoms with Crippen LogP contribution in [0, 0.1) is 5.92 Å². The van der Waals surface area contributed by atoms with Gasteiger partial charge in [0.1, 0.15) is 0 Å². The number of methoxy groups -OCH3 is 1. The molecule has 0 amide bonds. The van der Waals surface area contributed by atoms with Crippen LogP contribution in [0.3, 0.4) is 0 Å². The lowest BCUT2D eigenvalue weighted by Gasteiger charge is -2.32. The first-order chi connectivity index (χ1) is 7.69. The summed E-state index contributed by atoms with van der Waals surface area (Å²) in [4.78, 5) is 2.65. The first-order valence-electron chi connectivity index (χ1n) is 6.58. The van der Waals surface area contributed by atoms with Crippen LogP contribution in [0.2, 0.25) is 0 Å². The fraction of sp³-hybridized carbons (Fsp3) is 1.00. The maximum Gasteiger partial charge on any atom is 0.0630 e. The van der Waals surface area contributed by atoms with Crippen molar-refractivity contribution in [2.45, 2.75) is 45.2 Å². The van der Waals surface area contributed by atoms with Gasteiger partial charge < -0.3 is 10.1 Å². The standard InChI is InChI=1S/C13H28N2O/c1-11(2)7-8-15(12-5-6-12)13(9-14-3)10-16-4/h11-14H,5-10H2,1-4H3. The number of nitrogens with one attached hydrogen (secondary N) is 1. The number of rotatable bonds is 9. The third kappa shape index (κ3) is 4.81. The zero-order valence-corrected chi connectivity index (χ0v) is 11.3. The second-order valence-corrected chi connectivity index (χ2v) is 5.32. The normalized spacial score (nSPS) is 18.4. The molecule has 96 valence electrons. The molecule has 16 heavy (non-hydrogen) atoms. The molecule has 1 atom stereocenters. The minimum absolute atomic E-state index is 0.543. The van der Waals surface area contributed by atoms with E-state index in [1.54, 1.807) is 7.11 Å². The van der Waals surface area contributed by atoms with Gasteiger partial charge in [0.25, 0.3) is 0 Å².